The number of hydrogen-bond donors (Lipinski definition) is 2. The summed E-state index contributed by atoms with van der Waals surface area (Å²) in [5, 5.41) is 4.80. The third kappa shape index (κ3) is 2.09. The van der Waals surface area contributed by atoms with Gasteiger partial charge in [-0.15, -0.1) is 6.42 Å². The van der Waals surface area contributed by atoms with Gasteiger partial charge in [0.1, 0.15) is 6.04 Å². The predicted molar refractivity (Wildman–Crippen MR) is 74.1 cm³/mol. The number of nitrogens with one attached hydrogen (secondary N) is 2. The summed E-state index contributed by atoms with van der Waals surface area (Å²) in [4.78, 5) is 3.12. The molecule has 84 valence electrons. The smallest absolute Gasteiger partial charge is 0.106 e. The van der Waals surface area contributed by atoms with E-state index in [0.29, 0.717) is 0 Å². The van der Waals surface area contributed by atoms with Crippen LogP contribution in [0.3, 0.4) is 0 Å². The van der Waals surface area contributed by atoms with Gasteiger partial charge in [-0.25, -0.2) is 0 Å². The van der Waals surface area contributed by atoms with Gasteiger partial charge >= 0.3 is 0 Å². The number of H-pyrrole nitrogens is 1. The van der Waals surface area contributed by atoms with Crippen LogP contribution in [0.1, 0.15) is 11.1 Å². The first-order chi connectivity index (χ1) is 8.11. The highest BCUT2D eigenvalue weighted by Gasteiger charge is 2.06. The second-order valence-electron chi connectivity index (χ2n) is 3.92. The van der Waals surface area contributed by atoms with E-state index in [9.17, 15) is 0 Å². The first-order valence-corrected chi connectivity index (χ1v) is 5.29. The van der Waals surface area contributed by atoms with Crippen molar-refractivity contribution in [2.45, 2.75) is 6.04 Å². The van der Waals surface area contributed by atoms with Crippen LogP contribution in [0.15, 0.2) is 24.4 Å². The van der Waals surface area contributed by atoms with Gasteiger partial charge in [-0.05, 0) is 12.2 Å². The topological polar surface area (TPSA) is 27.8 Å². The van der Waals surface area contributed by atoms with Crippen LogP contribution < -0.4 is 16.0 Å². The average Bonchev–Trinajstić information content (AvgIpc) is 2.59. The molecule has 2 heteroatoms. The molecule has 2 heterocycles. The number of aromatic amines is 1. The van der Waals surface area contributed by atoms with Crippen LogP contribution in [0.4, 0.5) is 0 Å². The van der Waals surface area contributed by atoms with Crippen molar-refractivity contribution in [2.24, 2.45) is 0 Å². The highest BCUT2D eigenvalue weighted by Crippen LogP contribution is 2.08. The van der Waals surface area contributed by atoms with Gasteiger partial charge in [-0.1, -0.05) is 37.8 Å². The molecular formula is C15H14N2. The van der Waals surface area contributed by atoms with Crippen LogP contribution in [0.25, 0.3) is 25.3 Å². The van der Waals surface area contributed by atoms with Crippen molar-refractivity contribution in [1.29, 1.82) is 0 Å². The lowest BCUT2D eigenvalue weighted by Crippen LogP contribution is -2.23. The van der Waals surface area contributed by atoms with Crippen LogP contribution in [-0.4, -0.2) is 11.0 Å². The lowest BCUT2D eigenvalue weighted by atomic mass is 10.1. The van der Waals surface area contributed by atoms with E-state index < -0.39 is 0 Å². The minimum Gasteiger partial charge on any atom is -0.369 e. The van der Waals surface area contributed by atoms with Gasteiger partial charge < -0.3 is 10.3 Å². The van der Waals surface area contributed by atoms with E-state index in [1.807, 2.05) is 24.3 Å². The predicted octanol–water partition coefficient (Wildman–Crippen LogP) is 0.980. The Morgan fingerprint density at radius 1 is 1.06 bits per heavy atom. The van der Waals surface area contributed by atoms with Gasteiger partial charge in [0.2, 0.25) is 0 Å². The van der Waals surface area contributed by atoms with E-state index in [2.05, 4.69) is 36.0 Å². The average molecular weight is 222 g/mol. The van der Waals surface area contributed by atoms with Crippen molar-refractivity contribution in [1.82, 2.24) is 10.3 Å². The molecule has 1 atom stereocenters. The zero-order chi connectivity index (χ0) is 12.4. The summed E-state index contributed by atoms with van der Waals surface area (Å²) in [5.74, 6) is 2.65. The summed E-state index contributed by atoms with van der Waals surface area (Å²) in [6.45, 7) is 11.8. The molecule has 2 nitrogen and oxygen atoms in total. The molecule has 0 radical (unpaired) electrons. The fraction of sp³-hybridized carbons (Fsp3) is 0.0667. The molecule has 0 amide bonds. The molecule has 2 rings (SSSR count). The largest absolute Gasteiger partial charge is 0.369 e. The Balaban J connectivity index is 2.64. The molecule has 0 saturated carbocycles. The van der Waals surface area contributed by atoms with Crippen LogP contribution in [0.5, 0.6) is 0 Å². The second-order valence-corrected chi connectivity index (χ2v) is 3.92. The maximum absolute atomic E-state index is 5.44. The number of fused-ring (bicyclic) bond motifs is 1. The van der Waals surface area contributed by atoms with E-state index in [1.54, 1.807) is 0 Å². The number of terminal acetylenes is 1. The zero-order valence-electron chi connectivity index (χ0n) is 9.59. The van der Waals surface area contributed by atoms with Gasteiger partial charge in [0.05, 0.1) is 0 Å². The summed E-state index contributed by atoms with van der Waals surface area (Å²) < 4.78 is 0. The quantitative estimate of drug-likeness (QED) is 0.629. The fourth-order valence-electron chi connectivity index (χ4n) is 1.79. The summed E-state index contributed by atoms with van der Waals surface area (Å²) in [7, 11) is 0. The fourth-order valence-corrected chi connectivity index (χ4v) is 1.79. The van der Waals surface area contributed by atoms with Gasteiger partial charge in [0.25, 0.3) is 0 Å². The van der Waals surface area contributed by atoms with Crippen molar-refractivity contribution in [3.05, 3.63) is 46.3 Å². The zero-order valence-corrected chi connectivity index (χ0v) is 9.59. The lowest BCUT2D eigenvalue weighted by Gasteiger charge is -2.08. The van der Waals surface area contributed by atoms with E-state index in [0.717, 1.165) is 27.5 Å². The molecule has 0 saturated heterocycles. The molecule has 1 aliphatic heterocycles. The van der Waals surface area contributed by atoms with E-state index in [-0.39, 0.29) is 6.04 Å². The number of aromatic nitrogens is 1. The standard InChI is InChI=1S/C15H14N2/c1-5-13-7-9-15-12(4)17-11(3)14(15)8-6-10(2)16-13/h1,6-9,13,16-17H,2-4H2/b8-6+,9-7+. The molecule has 17 heavy (non-hydrogen) atoms. The number of allylic oxidation sites excluding steroid dienone is 1. The minimum atomic E-state index is -0.166. The molecule has 1 aromatic heterocycles. The van der Waals surface area contributed by atoms with Crippen LogP contribution in [-0.2, 0) is 0 Å². The van der Waals surface area contributed by atoms with Crippen LogP contribution in [0.2, 0.25) is 0 Å². The Bertz CT molecular complexity index is 650. The molecule has 1 unspecified atom stereocenters. The van der Waals surface area contributed by atoms with Crippen LogP contribution >= 0.6 is 0 Å². The van der Waals surface area contributed by atoms with E-state index in [4.69, 9.17) is 6.42 Å². The van der Waals surface area contributed by atoms with E-state index in [1.165, 1.54) is 0 Å². The molecule has 2 N–H and O–H groups in total. The third-order valence-electron chi connectivity index (χ3n) is 2.67. The Labute approximate surface area is 101 Å². The van der Waals surface area contributed by atoms with Crippen molar-refractivity contribution in [2.75, 3.05) is 0 Å². The molecule has 0 fully saturated rings. The number of rotatable bonds is 0. The summed E-state index contributed by atoms with van der Waals surface area (Å²) in [6.07, 6.45) is 13.2. The van der Waals surface area contributed by atoms with Gasteiger partial charge in [-0.2, -0.15) is 0 Å². The third-order valence-corrected chi connectivity index (χ3v) is 2.67. The molecular weight excluding hydrogens is 208 g/mol. The van der Waals surface area contributed by atoms with Crippen LogP contribution in [0, 0.1) is 12.3 Å². The minimum absolute atomic E-state index is 0.166. The van der Waals surface area contributed by atoms with E-state index >= 15 is 0 Å². The molecule has 0 bridgehead atoms. The Hall–Kier alpha value is -2.40. The molecule has 1 aromatic rings. The van der Waals surface area contributed by atoms with Gasteiger partial charge in [0, 0.05) is 27.5 Å². The summed E-state index contributed by atoms with van der Waals surface area (Å²) >= 11 is 0. The van der Waals surface area contributed by atoms with Gasteiger partial charge in [0.15, 0.2) is 0 Å². The first kappa shape index (κ1) is 11.1. The number of hydrogen-bond acceptors (Lipinski definition) is 1. The Morgan fingerprint density at radius 3 is 2.35 bits per heavy atom. The summed E-state index contributed by atoms with van der Waals surface area (Å²) in [6, 6.07) is -0.166. The van der Waals surface area contributed by atoms with Crippen molar-refractivity contribution >= 4 is 25.3 Å². The molecule has 0 spiro atoms. The maximum Gasteiger partial charge on any atom is 0.106 e. The molecule has 0 aromatic carbocycles. The Morgan fingerprint density at radius 2 is 1.71 bits per heavy atom. The highest BCUT2D eigenvalue weighted by atomic mass is 14.9. The monoisotopic (exact) mass is 222 g/mol. The van der Waals surface area contributed by atoms with Crippen molar-refractivity contribution in [3.63, 3.8) is 0 Å². The SMILES string of the molecule is C#CC1/C=C/c2c(c(=C)[nH]c2=C)/C=C/C(=C)N1. The second kappa shape index (κ2) is 4.23. The van der Waals surface area contributed by atoms with Crippen molar-refractivity contribution in [3.8, 4) is 12.3 Å². The molecule has 1 aliphatic rings. The maximum atomic E-state index is 5.44. The first-order valence-electron chi connectivity index (χ1n) is 5.29. The normalized spacial score (nSPS) is 22.3. The highest BCUT2D eigenvalue weighted by molar-refractivity contribution is 5.68. The van der Waals surface area contributed by atoms with Gasteiger partial charge in [-0.3, -0.25) is 0 Å². The lowest BCUT2D eigenvalue weighted by molar-refractivity contribution is 0.835. The summed E-state index contributed by atoms with van der Waals surface area (Å²) in [5.41, 5.74) is 2.81. The Kier molecular flexibility index (Phi) is 2.76. The molecule has 0 aliphatic carbocycles. The van der Waals surface area contributed by atoms with Crippen molar-refractivity contribution < 1.29 is 0 Å².